The van der Waals surface area contributed by atoms with Crippen LogP contribution >= 0.6 is 0 Å². The van der Waals surface area contributed by atoms with Crippen molar-refractivity contribution in [3.05, 3.63) is 12.7 Å². The Kier molecular flexibility index (Phi) is 25.6. The van der Waals surface area contributed by atoms with Crippen LogP contribution in [0.4, 0.5) is 0 Å². The lowest BCUT2D eigenvalue weighted by atomic mass is 9.93. The molecule has 0 heterocycles. The van der Waals surface area contributed by atoms with E-state index in [2.05, 4.69) is 34.3 Å². The van der Waals surface area contributed by atoms with Crippen LogP contribution in [0, 0.1) is 11.8 Å². The zero-order chi connectivity index (χ0) is 12.0. The molecular weight excluding hydrogens is 168 g/mol. The molecule has 0 spiro atoms. The van der Waals surface area contributed by atoms with Gasteiger partial charge < -0.3 is 0 Å². The third kappa shape index (κ3) is 22.6. The van der Waals surface area contributed by atoms with E-state index in [9.17, 15) is 0 Å². The number of unbranched alkanes of at least 4 members (excludes halogenated alkanes) is 1. The molecule has 0 saturated carbocycles. The Hall–Kier alpha value is -0.260. The van der Waals surface area contributed by atoms with Crippen molar-refractivity contribution in [2.24, 2.45) is 11.8 Å². The van der Waals surface area contributed by atoms with E-state index < -0.39 is 0 Å². The molecule has 0 bridgehead atoms. The van der Waals surface area contributed by atoms with Crippen molar-refractivity contribution in [3.8, 4) is 0 Å². The second-order valence-corrected chi connectivity index (χ2v) is 3.77. The molecule has 0 aliphatic carbocycles. The van der Waals surface area contributed by atoms with Gasteiger partial charge in [-0.25, -0.2) is 0 Å². The standard InChI is InChI=1S/C9H20.C3H6.C2H6/c1-5-6-7-9(4)8(2)3;1-3-2;1-2/h8-9H,5-7H2,1-4H3;3H,1H2,2H3;1-2H3. The minimum absolute atomic E-state index is 0.872. The van der Waals surface area contributed by atoms with Crippen LogP contribution in [0.5, 0.6) is 0 Å². The molecule has 14 heavy (non-hydrogen) atoms. The first-order chi connectivity index (χ1) is 6.59. The van der Waals surface area contributed by atoms with Crippen LogP contribution in [0.2, 0.25) is 0 Å². The van der Waals surface area contributed by atoms with Gasteiger partial charge in [-0.3, -0.25) is 0 Å². The summed E-state index contributed by atoms with van der Waals surface area (Å²) in [7, 11) is 0. The van der Waals surface area contributed by atoms with Gasteiger partial charge in [0.15, 0.2) is 0 Å². The van der Waals surface area contributed by atoms with Crippen LogP contribution in [0.15, 0.2) is 12.7 Å². The van der Waals surface area contributed by atoms with Gasteiger partial charge >= 0.3 is 0 Å². The molecule has 0 N–H and O–H groups in total. The lowest BCUT2D eigenvalue weighted by Gasteiger charge is -2.13. The van der Waals surface area contributed by atoms with E-state index in [1.54, 1.807) is 6.08 Å². The molecular formula is C14H32. The van der Waals surface area contributed by atoms with Crippen LogP contribution in [-0.4, -0.2) is 0 Å². The third-order valence-electron chi connectivity index (χ3n) is 2.15. The Morgan fingerprint density at radius 3 is 1.71 bits per heavy atom. The Morgan fingerprint density at radius 2 is 1.50 bits per heavy atom. The fraction of sp³-hybridized carbons (Fsp3) is 0.857. The van der Waals surface area contributed by atoms with Crippen LogP contribution in [0.1, 0.15) is 67.7 Å². The molecule has 0 amide bonds. The molecule has 0 saturated heterocycles. The summed E-state index contributed by atoms with van der Waals surface area (Å²) in [6.07, 6.45) is 5.91. The summed E-state index contributed by atoms with van der Waals surface area (Å²) in [5.74, 6) is 1.79. The van der Waals surface area contributed by atoms with E-state index in [1.165, 1.54) is 19.3 Å². The maximum absolute atomic E-state index is 3.36. The summed E-state index contributed by atoms with van der Waals surface area (Å²) in [5.41, 5.74) is 0. The average Bonchev–Trinajstić information content (AvgIpc) is 2.18. The minimum Gasteiger partial charge on any atom is -0.103 e. The van der Waals surface area contributed by atoms with Gasteiger partial charge in [0, 0.05) is 0 Å². The second kappa shape index (κ2) is 18.5. The van der Waals surface area contributed by atoms with Gasteiger partial charge in [-0.2, -0.15) is 0 Å². The maximum Gasteiger partial charge on any atom is -0.0420 e. The predicted octanol–water partition coefficient (Wildman–Crippen LogP) is 5.69. The van der Waals surface area contributed by atoms with Gasteiger partial charge in [0.2, 0.25) is 0 Å². The first-order valence-electron chi connectivity index (χ1n) is 6.17. The minimum atomic E-state index is 0.872. The number of allylic oxidation sites excluding steroid dienone is 1. The lowest BCUT2D eigenvalue weighted by molar-refractivity contribution is 0.381. The Morgan fingerprint density at radius 1 is 1.14 bits per heavy atom. The zero-order valence-corrected chi connectivity index (χ0v) is 11.6. The van der Waals surface area contributed by atoms with Gasteiger partial charge in [-0.15, -0.1) is 6.58 Å². The number of hydrogen-bond donors (Lipinski definition) is 0. The summed E-state index contributed by atoms with van der Waals surface area (Å²) in [4.78, 5) is 0. The quantitative estimate of drug-likeness (QED) is 0.512. The molecule has 0 radical (unpaired) electrons. The van der Waals surface area contributed by atoms with Gasteiger partial charge in [0.25, 0.3) is 0 Å². The highest BCUT2D eigenvalue weighted by atomic mass is 14.1. The molecule has 0 aliphatic rings. The molecule has 0 heteroatoms. The van der Waals surface area contributed by atoms with E-state index in [1.807, 2.05) is 20.8 Å². The molecule has 0 aromatic rings. The molecule has 88 valence electrons. The van der Waals surface area contributed by atoms with Crippen molar-refractivity contribution in [3.63, 3.8) is 0 Å². The second-order valence-electron chi connectivity index (χ2n) is 3.77. The largest absolute Gasteiger partial charge is 0.103 e. The summed E-state index contributed by atoms with van der Waals surface area (Å²) in [6, 6.07) is 0. The van der Waals surface area contributed by atoms with E-state index in [-0.39, 0.29) is 0 Å². The normalized spacial score (nSPS) is 10.6. The van der Waals surface area contributed by atoms with E-state index in [0.29, 0.717) is 0 Å². The fourth-order valence-electron chi connectivity index (χ4n) is 0.859. The number of rotatable bonds is 4. The van der Waals surface area contributed by atoms with Gasteiger partial charge in [-0.05, 0) is 18.8 Å². The fourth-order valence-corrected chi connectivity index (χ4v) is 0.859. The van der Waals surface area contributed by atoms with Crippen LogP contribution < -0.4 is 0 Å². The molecule has 1 atom stereocenters. The van der Waals surface area contributed by atoms with Crippen LogP contribution in [0.25, 0.3) is 0 Å². The van der Waals surface area contributed by atoms with Crippen molar-refractivity contribution in [2.75, 3.05) is 0 Å². The van der Waals surface area contributed by atoms with E-state index >= 15 is 0 Å². The summed E-state index contributed by atoms with van der Waals surface area (Å²) >= 11 is 0. The number of hydrogen-bond acceptors (Lipinski definition) is 0. The molecule has 0 aliphatic heterocycles. The molecule has 0 fully saturated rings. The third-order valence-corrected chi connectivity index (χ3v) is 2.15. The first-order valence-corrected chi connectivity index (χ1v) is 6.17. The first kappa shape index (κ1) is 19.3. The average molecular weight is 200 g/mol. The Bertz CT molecular complexity index is 82.0. The monoisotopic (exact) mass is 200 g/mol. The molecule has 0 aromatic carbocycles. The van der Waals surface area contributed by atoms with E-state index in [0.717, 1.165) is 11.8 Å². The highest BCUT2D eigenvalue weighted by Crippen LogP contribution is 2.16. The predicted molar refractivity (Wildman–Crippen MR) is 70.7 cm³/mol. The topological polar surface area (TPSA) is 0 Å². The molecule has 0 aromatic heterocycles. The smallest absolute Gasteiger partial charge is 0.0420 e. The van der Waals surface area contributed by atoms with E-state index in [4.69, 9.17) is 0 Å². The van der Waals surface area contributed by atoms with Gasteiger partial charge in [0.05, 0.1) is 0 Å². The highest BCUT2D eigenvalue weighted by Gasteiger charge is 2.04. The van der Waals surface area contributed by atoms with Crippen molar-refractivity contribution < 1.29 is 0 Å². The van der Waals surface area contributed by atoms with Crippen molar-refractivity contribution >= 4 is 0 Å². The Labute approximate surface area is 92.8 Å². The highest BCUT2D eigenvalue weighted by molar-refractivity contribution is 4.55. The van der Waals surface area contributed by atoms with Crippen LogP contribution in [-0.2, 0) is 0 Å². The van der Waals surface area contributed by atoms with Crippen molar-refractivity contribution in [1.29, 1.82) is 0 Å². The SMILES string of the molecule is C=CC.CC.CCCCC(C)C(C)C. The van der Waals surface area contributed by atoms with Gasteiger partial charge in [0.1, 0.15) is 0 Å². The van der Waals surface area contributed by atoms with Crippen molar-refractivity contribution in [1.82, 2.24) is 0 Å². The van der Waals surface area contributed by atoms with Crippen LogP contribution in [0.3, 0.4) is 0 Å². The summed E-state index contributed by atoms with van der Waals surface area (Å²) < 4.78 is 0. The zero-order valence-electron chi connectivity index (χ0n) is 11.6. The summed E-state index contributed by atoms with van der Waals surface area (Å²) in [5, 5.41) is 0. The molecule has 1 unspecified atom stereocenters. The molecule has 0 rings (SSSR count). The van der Waals surface area contributed by atoms with Gasteiger partial charge in [-0.1, -0.05) is 66.9 Å². The Balaban J connectivity index is -0.000000205. The lowest BCUT2D eigenvalue weighted by Crippen LogP contribution is -2.02. The summed E-state index contributed by atoms with van der Waals surface area (Å²) in [6.45, 7) is 18.5. The maximum atomic E-state index is 3.36. The molecule has 0 nitrogen and oxygen atoms in total. The van der Waals surface area contributed by atoms with Crippen molar-refractivity contribution in [2.45, 2.75) is 67.7 Å².